The maximum atomic E-state index is 11.3. The van der Waals surface area contributed by atoms with Crippen molar-refractivity contribution in [1.82, 2.24) is 9.88 Å². The average molecular weight is 321 g/mol. The molecule has 0 radical (unpaired) electrons. The van der Waals surface area contributed by atoms with E-state index in [1.165, 1.54) is 31.4 Å². The molecule has 0 amide bonds. The molecule has 20 heavy (non-hydrogen) atoms. The number of hydrogen-bond acceptors (Lipinski definition) is 6. The number of ether oxygens (including phenoxy) is 2. The van der Waals surface area contributed by atoms with Crippen molar-refractivity contribution < 1.29 is 19.1 Å². The smallest absolute Gasteiger partial charge is 0.319 e. The largest absolute Gasteiger partial charge is 0.468 e. The van der Waals surface area contributed by atoms with Gasteiger partial charge in [0.2, 0.25) is 0 Å². The Kier molecular flexibility index (Phi) is 6.70. The monoisotopic (exact) mass is 320 g/mol. The minimum atomic E-state index is -0.466. The summed E-state index contributed by atoms with van der Waals surface area (Å²) in [6.07, 6.45) is 1.49. The van der Waals surface area contributed by atoms with Crippen molar-refractivity contribution in [3.05, 3.63) is 28.0 Å². The summed E-state index contributed by atoms with van der Waals surface area (Å²) in [4.78, 5) is 28.1. The molecular weight excluding hydrogens is 307 g/mol. The Morgan fingerprint density at radius 1 is 1.20 bits per heavy atom. The number of carbonyl (C=O) groups excluding carboxylic acids is 2. The van der Waals surface area contributed by atoms with Gasteiger partial charge in [0.25, 0.3) is 0 Å². The Bertz CT molecular complexity index is 478. The molecular formula is C12H14Cl2N2O4. The summed E-state index contributed by atoms with van der Waals surface area (Å²) < 4.78 is 9.16. The Hall–Kier alpha value is -1.37. The standard InChI is InChI=1S/C12H14Cl2N2O4/c1-19-11(17)6-16(7-12(18)20-2)5-8-4-15-10(14)3-9(8)13/h3-4H,5-7H2,1-2H3. The molecule has 0 atom stereocenters. The number of methoxy groups -OCH3 is 2. The third-order valence-electron chi connectivity index (χ3n) is 2.45. The van der Waals surface area contributed by atoms with Gasteiger partial charge in [-0.2, -0.15) is 0 Å². The fraction of sp³-hybridized carbons (Fsp3) is 0.417. The normalized spacial score (nSPS) is 10.4. The van der Waals surface area contributed by atoms with Crippen LogP contribution in [0.4, 0.5) is 0 Å². The highest BCUT2D eigenvalue weighted by atomic mass is 35.5. The lowest BCUT2D eigenvalue weighted by Crippen LogP contribution is -2.35. The molecule has 0 fully saturated rings. The van der Waals surface area contributed by atoms with Gasteiger partial charge in [0, 0.05) is 23.3 Å². The van der Waals surface area contributed by atoms with Crippen LogP contribution in [0.1, 0.15) is 5.56 Å². The number of carbonyl (C=O) groups is 2. The topological polar surface area (TPSA) is 68.7 Å². The molecule has 1 aromatic heterocycles. The molecule has 0 N–H and O–H groups in total. The summed E-state index contributed by atoms with van der Waals surface area (Å²) in [5, 5.41) is 0.677. The highest BCUT2D eigenvalue weighted by molar-refractivity contribution is 6.34. The van der Waals surface area contributed by atoms with Crippen LogP contribution in [0.3, 0.4) is 0 Å². The van der Waals surface area contributed by atoms with Crippen LogP contribution in [-0.4, -0.2) is 49.1 Å². The lowest BCUT2D eigenvalue weighted by molar-refractivity contribution is -0.145. The van der Waals surface area contributed by atoms with Gasteiger partial charge in [-0.3, -0.25) is 14.5 Å². The van der Waals surface area contributed by atoms with Crippen LogP contribution in [0.25, 0.3) is 0 Å². The molecule has 110 valence electrons. The minimum absolute atomic E-state index is 0.0649. The lowest BCUT2D eigenvalue weighted by atomic mass is 10.2. The highest BCUT2D eigenvalue weighted by Gasteiger charge is 2.17. The van der Waals surface area contributed by atoms with E-state index in [-0.39, 0.29) is 24.8 Å². The first-order valence-electron chi connectivity index (χ1n) is 5.62. The Morgan fingerprint density at radius 2 is 1.75 bits per heavy atom. The van der Waals surface area contributed by atoms with Crippen molar-refractivity contribution in [3.8, 4) is 0 Å². The second-order valence-corrected chi connectivity index (χ2v) is 4.69. The number of aromatic nitrogens is 1. The zero-order valence-electron chi connectivity index (χ0n) is 11.1. The van der Waals surface area contributed by atoms with Gasteiger partial charge in [-0.1, -0.05) is 23.2 Å². The van der Waals surface area contributed by atoms with Crippen LogP contribution in [-0.2, 0) is 25.6 Å². The molecule has 1 aromatic rings. The van der Waals surface area contributed by atoms with Crippen LogP contribution in [0.5, 0.6) is 0 Å². The van der Waals surface area contributed by atoms with Gasteiger partial charge in [-0.25, -0.2) is 4.98 Å². The van der Waals surface area contributed by atoms with Crippen molar-refractivity contribution in [3.63, 3.8) is 0 Å². The van der Waals surface area contributed by atoms with E-state index in [9.17, 15) is 9.59 Å². The summed E-state index contributed by atoms with van der Waals surface area (Å²) >= 11 is 11.7. The number of halogens is 2. The molecule has 6 nitrogen and oxygen atoms in total. The van der Waals surface area contributed by atoms with Gasteiger partial charge in [-0.15, -0.1) is 0 Å². The molecule has 8 heteroatoms. The van der Waals surface area contributed by atoms with Crippen molar-refractivity contribution in [2.45, 2.75) is 6.54 Å². The van der Waals surface area contributed by atoms with Crippen molar-refractivity contribution in [1.29, 1.82) is 0 Å². The molecule has 0 bridgehead atoms. The molecule has 0 aromatic carbocycles. The highest BCUT2D eigenvalue weighted by Crippen LogP contribution is 2.20. The fourth-order valence-electron chi connectivity index (χ4n) is 1.45. The van der Waals surface area contributed by atoms with Crippen molar-refractivity contribution in [2.75, 3.05) is 27.3 Å². The van der Waals surface area contributed by atoms with Crippen LogP contribution < -0.4 is 0 Å². The van der Waals surface area contributed by atoms with Crippen LogP contribution in [0.15, 0.2) is 12.3 Å². The third kappa shape index (κ3) is 5.32. The Morgan fingerprint density at radius 3 is 2.20 bits per heavy atom. The molecule has 0 unspecified atom stereocenters. The molecule has 0 aliphatic heterocycles. The van der Waals surface area contributed by atoms with Gasteiger partial charge in [0.05, 0.1) is 27.3 Å². The quantitative estimate of drug-likeness (QED) is 0.585. The molecule has 0 spiro atoms. The first kappa shape index (κ1) is 16.7. The molecule has 0 aliphatic rings. The zero-order valence-corrected chi connectivity index (χ0v) is 12.6. The summed E-state index contributed by atoms with van der Waals surface area (Å²) in [5.74, 6) is -0.932. The molecule has 0 saturated carbocycles. The van der Waals surface area contributed by atoms with Gasteiger partial charge >= 0.3 is 11.9 Å². The van der Waals surface area contributed by atoms with Gasteiger partial charge in [0.15, 0.2) is 0 Å². The van der Waals surface area contributed by atoms with Crippen LogP contribution >= 0.6 is 23.2 Å². The summed E-state index contributed by atoms with van der Waals surface area (Å²) in [5.41, 5.74) is 0.642. The van der Waals surface area contributed by atoms with E-state index in [2.05, 4.69) is 14.5 Å². The maximum absolute atomic E-state index is 11.3. The van der Waals surface area contributed by atoms with Crippen molar-refractivity contribution >= 4 is 35.1 Å². The van der Waals surface area contributed by atoms with Gasteiger partial charge in [0.1, 0.15) is 5.15 Å². The number of hydrogen-bond donors (Lipinski definition) is 0. The SMILES string of the molecule is COC(=O)CN(CC(=O)OC)Cc1cnc(Cl)cc1Cl. The first-order valence-corrected chi connectivity index (χ1v) is 6.37. The number of rotatable bonds is 6. The van der Waals surface area contributed by atoms with E-state index in [0.717, 1.165) is 0 Å². The predicted molar refractivity (Wildman–Crippen MR) is 73.6 cm³/mol. The second kappa shape index (κ2) is 8.04. The summed E-state index contributed by atoms with van der Waals surface area (Å²) in [7, 11) is 2.55. The Labute approximate surface area is 126 Å². The van der Waals surface area contributed by atoms with E-state index in [1.807, 2.05) is 0 Å². The number of nitrogens with zero attached hydrogens (tertiary/aromatic N) is 2. The Balaban J connectivity index is 2.81. The molecule has 1 heterocycles. The van der Waals surface area contributed by atoms with E-state index in [1.54, 1.807) is 0 Å². The fourth-order valence-corrected chi connectivity index (χ4v) is 1.88. The predicted octanol–water partition coefficient (Wildman–Crippen LogP) is 1.54. The molecule has 1 rings (SSSR count). The van der Waals surface area contributed by atoms with E-state index in [0.29, 0.717) is 10.6 Å². The first-order chi connectivity index (χ1) is 9.46. The van der Waals surface area contributed by atoms with Crippen LogP contribution in [0.2, 0.25) is 10.2 Å². The van der Waals surface area contributed by atoms with E-state index >= 15 is 0 Å². The third-order valence-corrected chi connectivity index (χ3v) is 3.01. The zero-order chi connectivity index (χ0) is 15.1. The minimum Gasteiger partial charge on any atom is -0.468 e. The number of pyridine rings is 1. The molecule has 0 saturated heterocycles. The lowest BCUT2D eigenvalue weighted by Gasteiger charge is -2.20. The molecule has 0 aliphatic carbocycles. The number of esters is 2. The van der Waals surface area contributed by atoms with Crippen LogP contribution in [0, 0.1) is 0 Å². The van der Waals surface area contributed by atoms with E-state index < -0.39 is 11.9 Å². The average Bonchev–Trinajstić information content (AvgIpc) is 2.41. The van der Waals surface area contributed by atoms with Crippen molar-refractivity contribution in [2.24, 2.45) is 0 Å². The van der Waals surface area contributed by atoms with Gasteiger partial charge in [-0.05, 0) is 6.07 Å². The maximum Gasteiger partial charge on any atom is 0.319 e. The van der Waals surface area contributed by atoms with E-state index in [4.69, 9.17) is 23.2 Å². The summed E-state index contributed by atoms with van der Waals surface area (Å²) in [6, 6.07) is 1.49. The van der Waals surface area contributed by atoms with Gasteiger partial charge < -0.3 is 9.47 Å². The summed E-state index contributed by atoms with van der Waals surface area (Å²) in [6.45, 7) is 0.113. The second-order valence-electron chi connectivity index (χ2n) is 3.90.